The highest BCUT2D eigenvalue weighted by Gasteiger charge is 2.27. The fraction of sp³-hybridized carbons (Fsp3) is 0.500. The number of rotatable bonds is 27. The predicted octanol–water partition coefficient (Wildman–Crippen LogP) is 22.6. The average Bonchev–Trinajstić information content (AvgIpc) is 3.73. The molecule has 5 aromatic rings. The van der Waals surface area contributed by atoms with E-state index in [1.165, 1.54) is 70.6 Å². The van der Waals surface area contributed by atoms with Gasteiger partial charge in [-0.1, -0.05) is 238 Å². The molecule has 2 fully saturated rings. The van der Waals surface area contributed by atoms with Gasteiger partial charge in [-0.15, -0.1) is 0 Å². The van der Waals surface area contributed by atoms with Crippen LogP contribution in [-0.4, -0.2) is 56.7 Å². The summed E-state index contributed by atoms with van der Waals surface area (Å²) in [5, 5.41) is 0. The van der Waals surface area contributed by atoms with Gasteiger partial charge in [0.15, 0.2) is 6.29 Å². The third-order valence-electron chi connectivity index (χ3n) is 15.0. The lowest BCUT2D eigenvalue weighted by atomic mass is 9.87. The minimum atomic E-state index is -0.248. The van der Waals surface area contributed by atoms with Gasteiger partial charge in [-0.05, 0) is 160 Å². The zero-order chi connectivity index (χ0) is 65.8. The molecule has 490 valence electrons. The van der Waals surface area contributed by atoms with Crippen molar-refractivity contribution < 1.29 is 42.6 Å². The first kappa shape index (κ1) is 76.9. The Morgan fingerprint density at radius 3 is 1.22 bits per heavy atom. The molecule has 9 heteroatoms. The van der Waals surface area contributed by atoms with Gasteiger partial charge in [0.25, 0.3) is 0 Å². The molecule has 0 spiro atoms. The molecule has 2 saturated carbocycles. The van der Waals surface area contributed by atoms with Crippen molar-refractivity contribution in [1.29, 1.82) is 0 Å². The van der Waals surface area contributed by atoms with Crippen LogP contribution in [0.3, 0.4) is 0 Å². The molecule has 2 aliphatic rings. The summed E-state index contributed by atoms with van der Waals surface area (Å²) in [6, 6.07) is 39.6. The van der Waals surface area contributed by atoms with Crippen LogP contribution in [0, 0.1) is 22.7 Å². The topological polar surface area (TPSA) is 83.1 Å². The van der Waals surface area contributed by atoms with Gasteiger partial charge in [0.05, 0.1) is 18.8 Å². The second-order valence-electron chi connectivity index (χ2n) is 26.6. The van der Waals surface area contributed by atoms with Crippen molar-refractivity contribution in [2.24, 2.45) is 22.7 Å². The molecule has 0 radical (unpaired) electrons. The molecule has 5 aromatic carbocycles. The first-order chi connectivity index (χ1) is 42.3. The Labute approximate surface area is 540 Å². The predicted molar refractivity (Wildman–Crippen MR) is 378 cm³/mol. The molecule has 7 rings (SSSR count). The standard InChI is InChI=1S/2C18H26O2.C17H26O2.C14H20O2.C13H18O/c1-4-15-10-12-17(13-11-15)20-18(14(2)3)19-16-8-6-5-7-9-16;1-3-16-9-11-18(12-10-16)20-15(2)19-14-13-17-7-5-4-6-8-17;1-7-14-8-10-15(11-9-14)19-16(18-13(2)3)12-17(4,5)6;1-6-11-7-9-12(10-8-11)16-13(15-5)14(2,3)4;1-5-11-7-9-12(10-8-11)14-13(3,4)6-2/h4,10-14,16,18H,1,5-9H2,2-3H3;3,9-12,15,17H,1,4-8,13-14H2,2H3;7-11,13,16H,1,12H2,2-6H3;6-10,13H,1H2,2-5H3;5,7-10H,1,6H2,2-4H3. The van der Waals surface area contributed by atoms with Crippen molar-refractivity contribution >= 4 is 30.4 Å². The molecule has 0 amide bonds. The van der Waals surface area contributed by atoms with E-state index in [-0.39, 0.29) is 47.7 Å². The molecule has 0 bridgehead atoms. The van der Waals surface area contributed by atoms with Gasteiger partial charge in [0.1, 0.15) is 34.3 Å². The summed E-state index contributed by atoms with van der Waals surface area (Å²) in [6.07, 6.45) is 25.1. The highest BCUT2D eigenvalue weighted by atomic mass is 16.7. The number of hydrogen-bond donors (Lipinski definition) is 0. The second kappa shape index (κ2) is 41.1. The largest absolute Gasteiger partial charge is 0.488 e. The van der Waals surface area contributed by atoms with E-state index < -0.39 is 0 Å². The Bertz CT molecular complexity index is 2680. The van der Waals surface area contributed by atoms with Gasteiger partial charge < -0.3 is 42.6 Å². The van der Waals surface area contributed by atoms with Crippen molar-refractivity contribution in [3.05, 3.63) is 182 Å². The summed E-state index contributed by atoms with van der Waals surface area (Å²) in [5.74, 6) is 5.49. The van der Waals surface area contributed by atoms with Gasteiger partial charge in [-0.25, -0.2) is 0 Å². The van der Waals surface area contributed by atoms with Crippen LogP contribution in [0.4, 0.5) is 0 Å². The van der Waals surface area contributed by atoms with Crippen LogP contribution >= 0.6 is 0 Å². The van der Waals surface area contributed by atoms with Gasteiger partial charge in [-0.3, -0.25) is 0 Å². The minimum absolute atomic E-state index is 0.0497. The average molecular weight is 1220 g/mol. The van der Waals surface area contributed by atoms with E-state index in [9.17, 15) is 0 Å². The van der Waals surface area contributed by atoms with E-state index in [2.05, 4.69) is 109 Å². The Hall–Kier alpha value is -6.36. The number of ether oxygens (including phenoxy) is 9. The van der Waals surface area contributed by atoms with Crippen molar-refractivity contribution in [1.82, 2.24) is 0 Å². The van der Waals surface area contributed by atoms with E-state index in [0.29, 0.717) is 12.0 Å². The van der Waals surface area contributed by atoms with Crippen LogP contribution in [0.15, 0.2) is 154 Å². The summed E-state index contributed by atoms with van der Waals surface area (Å²) in [6.45, 7) is 48.9. The van der Waals surface area contributed by atoms with E-state index in [1.54, 1.807) is 13.2 Å². The Morgan fingerprint density at radius 1 is 0.483 bits per heavy atom. The van der Waals surface area contributed by atoms with E-state index in [1.807, 2.05) is 166 Å². The maximum Gasteiger partial charge on any atom is 0.204 e. The molecule has 0 aromatic heterocycles. The quantitative estimate of drug-likeness (QED) is 0.0478. The smallest absolute Gasteiger partial charge is 0.204 e. The van der Waals surface area contributed by atoms with Crippen molar-refractivity contribution in [2.75, 3.05) is 13.7 Å². The monoisotopic (exact) mass is 1220 g/mol. The second-order valence-corrected chi connectivity index (χ2v) is 26.6. The lowest BCUT2D eigenvalue weighted by Gasteiger charge is -2.30. The molecule has 0 aliphatic heterocycles. The van der Waals surface area contributed by atoms with Gasteiger partial charge in [0, 0.05) is 24.9 Å². The highest BCUT2D eigenvalue weighted by Crippen LogP contribution is 2.30. The summed E-state index contributed by atoms with van der Waals surface area (Å²) >= 11 is 0. The van der Waals surface area contributed by atoms with Gasteiger partial charge in [-0.2, -0.15) is 0 Å². The number of benzene rings is 5. The minimum Gasteiger partial charge on any atom is -0.488 e. The number of hydrogen-bond acceptors (Lipinski definition) is 9. The first-order valence-electron chi connectivity index (χ1n) is 32.7. The molecule has 0 N–H and O–H groups in total. The highest BCUT2D eigenvalue weighted by molar-refractivity contribution is 5.51. The van der Waals surface area contributed by atoms with Crippen molar-refractivity contribution in [3.8, 4) is 28.7 Å². The molecule has 4 unspecified atom stereocenters. The zero-order valence-electron chi connectivity index (χ0n) is 57.7. The van der Waals surface area contributed by atoms with Crippen LogP contribution in [0.1, 0.15) is 208 Å². The Kier molecular flexibility index (Phi) is 35.5. The SMILES string of the molecule is C=Cc1ccc(OC(C)(C)CC)cc1.C=Cc1ccc(OC(C)OCCC2CCCCC2)cc1.C=Cc1ccc(OC(CC(C)(C)C)OC(C)C)cc1.C=Cc1ccc(OC(OC)C(C)(C)C)cc1.C=Cc1ccc(OC(OC2CCCCC2)C(C)C)cc1. The number of methoxy groups -OCH3 is 1. The summed E-state index contributed by atoms with van der Waals surface area (Å²) < 4.78 is 52.4. The Balaban J connectivity index is 0.000000293. The third kappa shape index (κ3) is 33.3. The van der Waals surface area contributed by atoms with Gasteiger partial charge >= 0.3 is 0 Å². The molecule has 0 heterocycles. The van der Waals surface area contributed by atoms with E-state index >= 15 is 0 Å². The fourth-order valence-corrected chi connectivity index (χ4v) is 9.52. The third-order valence-corrected chi connectivity index (χ3v) is 15.0. The van der Waals surface area contributed by atoms with E-state index in [0.717, 1.165) is 81.9 Å². The molecular weight excluding hydrogens is 1100 g/mol. The molecule has 2 aliphatic carbocycles. The Morgan fingerprint density at radius 2 is 0.865 bits per heavy atom. The zero-order valence-corrected chi connectivity index (χ0v) is 57.7. The molecule has 0 saturated heterocycles. The van der Waals surface area contributed by atoms with E-state index in [4.69, 9.17) is 42.6 Å². The first-order valence-corrected chi connectivity index (χ1v) is 32.7. The molecular formula is C80H116O9. The summed E-state index contributed by atoms with van der Waals surface area (Å²) in [4.78, 5) is 0. The lowest BCUT2D eigenvalue weighted by Crippen LogP contribution is -2.33. The summed E-state index contributed by atoms with van der Waals surface area (Å²) in [7, 11) is 1.66. The van der Waals surface area contributed by atoms with Crippen LogP contribution < -0.4 is 23.7 Å². The molecule has 89 heavy (non-hydrogen) atoms. The van der Waals surface area contributed by atoms with Crippen LogP contribution in [0.2, 0.25) is 0 Å². The van der Waals surface area contributed by atoms with Crippen LogP contribution in [-0.2, 0) is 18.9 Å². The normalized spacial score (nSPS) is 15.0. The van der Waals surface area contributed by atoms with Gasteiger partial charge in [0.2, 0.25) is 18.9 Å². The van der Waals surface area contributed by atoms with Crippen LogP contribution in [0.25, 0.3) is 30.4 Å². The van der Waals surface area contributed by atoms with Crippen molar-refractivity contribution in [3.63, 3.8) is 0 Å². The molecule has 4 atom stereocenters. The lowest BCUT2D eigenvalue weighted by molar-refractivity contribution is -0.150. The maximum atomic E-state index is 6.17. The summed E-state index contributed by atoms with van der Waals surface area (Å²) in [5.41, 5.74) is 5.52. The maximum absolute atomic E-state index is 6.17. The van der Waals surface area contributed by atoms with Crippen LogP contribution in [0.5, 0.6) is 28.7 Å². The molecule has 9 nitrogen and oxygen atoms in total. The fourth-order valence-electron chi connectivity index (χ4n) is 9.52. The van der Waals surface area contributed by atoms with Crippen molar-refractivity contribution in [2.45, 2.75) is 223 Å².